The maximum atomic E-state index is 12.0. The molecule has 0 radical (unpaired) electrons. The van der Waals surface area contributed by atoms with E-state index in [4.69, 9.17) is 5.73 Å². The fourth-order valence-corrected chi connectivity index (χ4v) is 3.31. The quantitative estimate of drug-likeness (QED) is 0.683. The van der Waals surface area contributed by atoms with Gasteiger partial charge in [-0.1, -0.05) is 6.42 Å². The van der Waals surface area contributed by atoms with Crippen molar-refractivity contribution < 1.29 is 8.42 Å². The van der Waals surface area contributed by atoms with Crippen LogP contribution in [0.4, 0.5) is 5.69 Å². The molecule has 5 nitrogen and oxygen atoms in total. The summed E-state index contributed by atoms with van der Waals surface area (Å²) in [7, 11) is -1.40. The molecule has 120 valence electrons. The van der Waals surface area contributed by atoms with Crippen molar-refractivity contribution in [1.82, 2.24) is 4.72 Å². The van der Waals surface area contributed by atoms with Crippen molar-refractivity contribution in [3.05, 3.63) is 24.3 Å². The van der Waals surface area contributed by atoms with Crippen LogP contribution in [-0.4, -0.2) is 34.6 Å². The lowest BCUT2D eigenvalue weighted by Crippen LogP contribution is -2.30. The van der Waals surface area contributed by atoms with Crippen molar-refractivity contribution in [2.75, 3.05) is 25.0 Å². The molecule has 0 atom stereocenters. The van der Waals surface area contributed by atoms with Gasteiger partial charge in [0.25, 0.3) is 0 Å². The Morgan fingerprint density at radius 2 is 1.76 bits per heavy atom. The molecule has 0 unspecified atom stereocenters. The topological polar surface area (TPSA) is 75.4 Å². The molecule has 0 amide bonds. The van der Waals surface area contributed by atoms with E-state index in [0.29, 0.717) is 4.90 Å². The summed E-state index contributed by atoms with van der Waals surface area (Å²) in [4.78, 5) is 2.43. The van der Waals surface area contributed by atoms with Crippen molar-refractivity contribution in [2.24, 2.45) is 5.73 Å². The van der Waals surface area contributed by atoms with Crippen LogP contribution >= 0.6 is 0 Å². The molecule has 0 aliphatic heterocycles. The Labute approximate surface area is 128 Å². The lowest BCUT2D eigenvalue weighted by Gasteiger charge is -2.19. The van der Waals surface area contributed by atoms with Gasteiger partial charge in [0, 0.05) is 25.3 Å². The minimum Gasteiger partial charge on any atom is -0.375 e. The average Bonchev–Trinajstić information content (AvgIpc) is 2.42. The van der Waals surface area contributed by atoms with Crippen LogP contribution in [-0.2, 0) is 10.0 Å². The second-order valence-electron chi connectivity index (χ2n) is 5.54. The molecule has 0 heterocycles. The lowest BCUT2D eigenvalue weighted by molar-refractivity contribution is 0.570. The van der Waals surface area contributed by atoms with Crippen LogP contribution in [0.2, 0.25) is 0 Å². The van der Waals surface area contributed by atoms with E-state index in [-0.39, 0.29) is 6.04 Å². The van der Waals surface area contributed by atoms with Gasteiger partial charge >= 0.3 is 0 Å². The summed E-state index contributed by atoms with van der Waals surface area (Å²) in [6, 6.07) is 6.88. The van der Waals surface area contributed by atoms with Crippen LogP contribution < -0.4 is 15.4 Å². The minimum absolute atomic E-state index is 0.111. The molecule has 0 spiro atoms. The Morgan fingerprint density at radius 1 is 1.14 bits per heavy atom. The van der Waals surface area contributed by atoms with E-state index in [1.807, 2.05) is 19.2 Å². The number of benzene rings is 1. The third-order valence-electron chi connectivity index (χ3n) is 3.18. The van der Waals surface area contributed by atoms with Crippen LogP contribution in [0.25, 0.3) is 0 Å². The summed E-state index contributed by atoms with van der Waals surface area (Å²) in [5.74, 6) is 0. The number of rotatable bonds is 9. The van der Waals surface area contributed by atoms with E-state index in [9.17, 15) is 8.42 Å². The molecular formula is C15H27N3O2S. The smallest absolute Gasteiger partial charge is 0.240 e. The summed E-state index contributed by atoms with van der Waals surface area (Å²) < 4.78 is 26.6. The maximum Gasteiger partial charge on any atom is 0.240 e. The number of unbranched alkanes of at least 4 members (excludes halogenated alkanes) is 2. The van der Waals surface area contributed by atoms with Crippen LogP contribution in [0.1, 0.15) is 33.1 Å². The molecule has 0 bridgehead atoms. The number of hydrogen-bond acceptors (Lipinski definition) is 4. The zero-order valence-electron chi connectivity index (χ0n) is 13.2. The Balaban J connectivity index is 2.65. The second-order valence-corrected chi connectivity index (χ2v) is 7.25. The molecule has 1 rings (SSSR count). The number of sulfonamides is 1. The van der Waals surface area contributed by atoms with Crippen LogP contribution in [0.15, 0.2) is 29.2 Å². The minimum atomic E-state index is -3.41. The normalized spacial score (nSPS) is 11.9. The van der Waals surface area contributed by atoms with Crippen LogP contribution in [0, 0.1) is 0 Å². The second kappa shape index (κ2) is 8.36. The third-order valence-corrected chi connectivity index (χ3v) is 4.85. The molecule has 3 N–H and O–H groups in total. The fourth-order valence-electron chi connectivity index (χ4n) is 2.06. The van der Waals surface area contributed by atoms with Crippen molar-refractivity contribution in [3.63, 3.8) is 0 Å². The highest BCUT2D eigenvalue weighted by Gasteiger charge is 2.15. The predicted molar refractivity (Wildman–Crippen MR) is 88.1 cm³/mol. The van der Waals surface area contributed by atoms with E-state index in [2.05, 4.69) is 9.62 Å². The molecule has 0 aliphatic carbocycles. The molecule has 1 aromatic carbocycles. The standard InChI is InChI=1S/C15H27N3O2S/c1-13(2)17-21(19,20)15-9-7-14(8-10-15)18(3)12-6-4-5-11-16/h7-10,13,17H,4-6,11-12,16H2,1-3H3. The summed E-state index contributed by atoms with van der Waals surface area (Å²) in [6.45, 7) is 5.29. The highest BCUT2D eigenvalue weighted by atomic mass is 32.2. The predicted octanol–water partition coefficient (Wildman–Crippen LogP) is 1.94. The molecule has 6 heteroatoms. The first-order chi connectivity index (χ1) is 9.86. The van der Waals surface area contributed by atoms with Gasteiger partial charge in [0.05, 0.1) is 4.90 Å². The van der Waals surface area contributed by atoms with Gasteiger partial charge in [-0.3, -0.25) is 0 Å². The molecule has 0 saturated heterocycles. The highest BCUT2D eigenvalue weighted by molar-refractivity contribution is 7.89. The molecule has 0 saturated carbocycles. The van der Waals surface area contributed by atoms with Crippen LogP contribution in [0.5, 0.6) is 0 Å². The first-order valence-corrected chi connectivity index (χ1v) is 8.88. The van der Waals surface area contributed by atoms with E-state index in [1.54, 1.807) is 26.0 Å². The SMILES string of the molecule is CC(C)NS(=O)(=O)c1ccc(N(C)CCCCCN)cc1. The zero-order valence-corrected chi connectivity index (χ0v) is 14.0. The lowest BCUT2D eigenvalue weighted by atomic mass is 10.2. The van der Waals surface area contributed by atoms with Gasteiger partial charge in [-0.05, 0) is 57.5 Å². The molecule has 1 aromatic rings. The first kappa shape index (κ1) is 17.9. The largest absolute Gasteiger partial charge is 0.375 e. The molecule has 21 heavy (non-hydrogen) atoms. The summed E-state index contributed by atoms with van der Waals surface area (Å²) in [6.07, 6.45) is 3.25. The zero-order chi connectivity index (χ0) is 15.9. The Hall–Kier alpha value is -1.11. The molecule has 0 aromatic heterocycles. The number of nitrogens with two attached hydrogens (primary N) is 1. The monoisotopic (exact) mass is 313 g/mol. The van der Waals surface area contributed by atoms with Crippen molar-refractivity contribution in [2.45, 2.75) is 44.0 Å². The maximum absolute atomic E-state index is 12.0. The number of nitrogens with one attached hydrogen (secondary N) is 1. The molecule has 0 fully saturated rings. The van der Waals surface area contributed by atoms with E-state index in [1.165, 1.54) is 0 Å². The van der Waals surface area contributed by atoms with Crippen molar-refractivity contribution in [1.29, 1.82) is 0 Å². The fraction of sp³-hybridized carbons (Fsp3) is 0.600. The van der Waals surface area contributed by atoms with E-state index >= 15 is 0 Å². The summed E-state index contributed by atoms with van der Waals surface area (Å²) in [5.41, 5.74) is 6.49. The van der Waals surface area contributed by atoms with Crippen molar-refractivity contribution in [3.8, 4) is 0 Å². The first-order valence-electron chi connectivity index (χ1n) is 7.40. The average molecular weight is 313 g/mol. The van der Waals surface area contributed by atoms with Gasteiger partial charge in [-0.15, -0.1) is 0 Å². The number of hydrogen-bond donors (Lipinski definition) is 2. The summed E-state index contributed by atoms with van der Waals surface area (Å²) >= 11 is 0. The van der Waals surface area contributed by atoms with E-state index < -0.39 is 10.0 Å². The van der Waals surface area contributed by atoms with Gasteiger partial charge in [0.1, 0.15) is 0 Å². The number of anilines is 1. The third kappa shape index (κ3) is 6.03. The van der Waals surface area contributed by atoms with Gasteiger partial charge in [-0.2, -0.15) is 0 Å². The molecule has 0 aliphatic rings. The van der Waals surface area contributed by atoms with Gasteiger partial charge < -0.3 is 10.6 Å². The molecular weight excluding hydrogens is 286 g/mol. The van der Waals surface area contributed by atoms with Gasteiger partial charge in [0.2, 0.25) is 10.0 Å². The van der Waals surface area contributed by atoms with Crippen molar-refractivity contribution >= 4 is 15.7 Å². The van der Waals surface area contributed by atoms with E-state index in [0.717, 1.165) is 38.0 Å². The Morgan fingerprint density at radius 3 is 2.29 bits per heavy atom. The number of nitrogens with zero attached hydrogens (tertiary/aromatic N) is 1. The summed E-state index contributed by atoms with van der Waals surface area (Å²) in [5, 5.41) is 0. The van der Waals surface area contributed by atoms with Gasteiger partial charge in [0.15, 0.2) is 0 Å². The Bertz CT molecular complexity index is 512. The highest BCUT2D eigenvalue weighted by Crippen LogP contribution is 2.17. The van der Waals surface area contributed by atoms with Crippen LogP contribution in [0.3, 0.4) is 0 Å². The Kier molecular flexibility index (Phi) is 7.14. The van der Waals surface area contributed by atoms with Gasteiger partial charge in [-0.25, -0.2) is 13.1 Å².